The molecular weight excluding hydrogens is 358 g/mol. The number of nitrogens with one attached hydrogen (secondary N) is 1. The standard InChI is InChI=1S/C26H27NO2/c1-26(2,3)21-16-13-19(14-17-21)15-18-24(28)27-23-12-8-7-11-22(23)25(29)20-9-5-4-6-10-20/h4-14,16-17H,15,18H2,1-3H3,(H,27,28). The van der Waals surface area contributed by atoms with Gasteiger partial charge < -0.3 is 5.32 Å². The molecule has 0 radical (unpaired) electrons. The fourth-order valence-corrected chi connectivity index (χ4v) is 3.18. The molecule has 3 rings (SSSR count). The summed E-state index contributed by atoms with van der Waals surface area (Å²) in [5, 5.41) is 2.91. The molecule has 0 atom stereocenters. The number of hydrogen-bond donors (Lipinski definition) is 1. The van der Waals surface area contributed by atoms with Crippen LogP contribution in [0.25, 0.3) is 0 Å². The van der Waals surface area contributed by atoms with Crippen LogP contribution < -0.4 is 5.32 Å². The highest BCUT2D eigenvalue weighted by atomic mass is 16.1. The quantitative estimate of drug-likeness (QED) is 0.546. The first kappa shape index (κ1) is 20.5. The van der Waals surface area contributed by atoms with Crippen LogP contribution in [0.2, 0.25) is 0 Å². The molecule has 0 aliphatic rings. The minimum absolute atomic E-state index is 0.0979. The van der Waals surface area contributed by atoms with Crippen LogP contribution in [0.15, 0.2) is 78.9 Å². The second-order valence-electron chi connectivity index (χ2n) is 8.24. The molecule has 0 heterocycles. The molecule has 0 saturated carbocycles. The van der Waals surface area contributed by atoms with Gasteiger partial charge in [-0.05, 0) is 35.1 Å². The van der Waals surface area contributed by atoms with Crippen molar-refractivity contribution >= 4 is 17.4 Å². The van der Waals surface area contributed by atoms with Gasteiger partial charge >= 0.3 is 0 Å². The van der Waals surface area contributed by atoms with E-state index in [1.54, 1.807) is 24.3 Å². The van der Waals surface area contributed by atoms with E-state index in [1.807, 2.05) is 30.3 Å². The van der Waals surface area contributed by atoms with E-state index in [1.165, 1.54) is 5.56 Å². The molecule has 1 N–H and O–H groups in total. The molecule has 148 valence electrons. The maximum atomic E-state index is 12.8. The number of amides is 1. The van der Waals surface area contributed by atoms with Crippen molar-refractivity contribution in [1.29, 1.82) is 0 Å². The number of hydrogen-bond acceptors (Lipinski definition) is 2. The Kier molecular flexibility index (Phi) is 6.28. The Morgan fingerprint density at radius 3 is 2.07 bits per heavy atom. The fourth-order valence-electron chi connectivity index (χ4n) is 3.18. The Labute approximate surface area is 172 Å². The van der Waals surface area contributed by atoms with E-state index >= 15 is 0 Å². The zero-order chi connectivity index (χ0) is 20.9. The molecule has 0 unspecified atom stereocenters. The summed E-state index contributed by atoms with van der Waals surface area (Å²) >= 11 is 0. The fraction of sp³-hybridized carbons (Fsp3) is 0.231. The normalized spacial score (nSPS) is 11.1. The van der Waals surface area contributed by atoms with Crippen LogP contribution in [0, 0.1) is 0 Å². The minimum Gasteiger partial charge on any atom is -0.325 e. The van der Waals surface area contributed by atoms with Gasteiger partial charge in [0.05, 0.1) is 5.69 Å². The van der Waals surface area contributed by atoms with Crippen molar-refractivity contribution in [1.82, 2.24) is 0 Å². The number of rotatable bonds is 6. The van der Waals surface area contributed by atoms with E-state index in [0.717, 1.165) is 5.56 Å². The van der Waals surface area contributed by atoms with Crippen molar-refractivity contribution in [2.24, 2.45) is 0 Å². The van der Waals surface area contributed by atoms with Gasteiger partial charge in [0.2, 0.25) is 5.91 Å². The summed E-state index contributed by atoms with van der Waals surface area (Å²) < 4.78 is 0. The van der Waals surface area contributed by atoms with Crippen LogP contribution in [-0.2, 0) is 16.6 Å². The van der Waals surface area contributed by atoms with Crippen molar-refractivity contribution in [3.05, 3.63) is 101 Å². The number of aryl methyl sites for hydroxylation is 1. The number of anilines is 1. The van der Waals surface area contributed by atoms with E-state index in [2.05, 4.69) is 50.4 Å². The number of ketones is 1. The third-order valence-electron chi connectivity index (χ3n) is 4.94. The van der Waals surface area contributed by atoms with E-state index < -0.39 is 0 Å². The third-order valence-corrected chi connectivity index (χ3v) is 4.94. The Morgan fingerprint density at radius 2 is 1.41 bits per heavy atom. The first-order chi connectivity index (χ1) is 13.8. The van der Waals surface area contributed by atoms with Crippen molar-refractivity contribution in [2.75, 3.05) is 5.32 Å². The molecule has 0 aliphatic heterocycles. The maximum Gasteiger partial charge on any atom is 0.224 e. The zero-order valence-corrected chi connectivity index (χ0v) is 17.2. The highest BCUT2D eigenvalue weighted by Gasteiger charge is 2.15. The van der Waals surface area contributed by atoms with Crippen LogP contribution in [-0.4, -0.2) is 11.7 Å². The highest BCUT2D eigenvalue weighted by Crippen LogP contribution is 2.23. The van der Waals surface area contributed by atoms with Gasteiger partial charge in [0.1, 0.15) is 0 Å². The summed E-state index contributed by atoms with van der Waals surface area (Å²) in [6.07, 6.45) is 1.02. The van der Waals surface area contributed by atoms with Crippen molar-refractivity contribution in [3.8, 4) is 0 Å². The molecule has 0 saturated heterocycles. The number of para-hydroxylation sites is 1. The third kappa shape index (κ3) is 5.41. The van der Waals surface area contributed by atoms with E-state index in [-0.39, 0.29) is 17.1 Å². The lowest BCUT2D eigenvalue weighted by atomic mass is 9.86. The van der Waals surface area contributed by atoms with Crippen LogP contribution in [0.5, 0.6) is 0 Å². The van der Waals surface area contributed by atoms with Gasteiger partial charge in [-0.2, -0.15) is 0 Å². The van der Waals surface area contributed by atoms with Crippen LogP contribution in [0.4, 0.5) is 5.69 Å². The Hall–Kier alpha value is -3.20. The minimum atomic E-state index is -0.0989. The van der Waals surface area contributed by atoms with Gasteiger partial charge in [-0.15, -0.1) is 0 Å². The number of benzene rings is 3. The second kappa shape index (κ2) is 8.87. The van der Waals surface area contributed by atoms with Gasteiger partial charge in [0.25, 0.3) is 0 Å². The smallest absolute Gasteiger partial charge is 0.224 e. The van der Waals surface area contributed by atoms with Gasteiger partial charge in [-0.25, -0.2) is 0 Å². The van der Waals surface area contributed by atoms with Crippen molar-refractivity contribution in [3.63, 3.8) is 0 Å². The van der Waals surface area contributed by atoms with E-state index in [9.17, 15) is 9.59 Å². The molecule has 0 aromatic heterocycles. The second-order valence-corrected chi connectivity index (χ2v) is 8.24. The highest BCUT2D eigenvalue weighted by molar-refractivity contribution is 6.13. The first-order valence-corrected chi connectivity index (χ1v) is 9.92. The first-order valence-electron chi connectivity index (χ1n) is 9.92. The monoisotopic (exact) mass is 385 g/mol. The summed E-state index contributed by atoms with van der Waals surface area (Å²) in [7, 11) is 0. The lowest BCUT2D eigenvalue weighted by Gasteiger charge is -2.19. The molecular formula is C26H27NO2. The molecule has 29 heavy (non-hydrogen) atoms. The lowest BCUT2D eigenvalue weighted by Crippen LogP contribution is -2.15. The summed E-state index contributed by atoms with van der Waals surface area (Å²) in [4.78, 5) is 25.3. The van der Waals surface area contributed by atoms with E-state index in [0.29, 0.717) is 29.7 Å². The number of carbonyl (C=O) groups is 2. The summed E-state index contributed by atoms with van der Waals surface area (Å²) in [5.74, 6) is -0.197. The number of carbonyl (C=O) groups excluding carboxylic acids is 2. The van der Waals surface area contributed by atoms with Crippen LogP contribution in [0.1, 0.15) is 54.2 Å². The predicted octanol–water partition coefficient (Wildman–Crippen LogP) is 5.79. The van der Waals surface area contributed by atoms with Crippen LogP contribution in [0.3, 0.4) is 0 Å². The van der Waals surface area contributed by atoms with Crippen LogP contribution >= 0.6 is 0 Å². The summed E-state index contributed by atoms with van der Waals surface area (Å²) in [6, 6.07) is 24.7. The average Bonchev–Trinajstić information content (AvgIpc) is 2.72. The zero-order valence-electron chi connectivity index (χ0n) is 17.2. The molecule has 0 spiro atoms. The lowest BCUT2D eigenvalue weighted by molar-refractivity contribution is -0.116. The molecule has 1 amide bonds. The molecule has 0 aliphatic carbocycles. The van der Waals surface area contributed by atoms with Gasteiger partial charge in [0.15, 0.2) is 5.78 Å². The largest absolute Gasteiger partial charge is 0.325 e. The molecule has 0 bridgehead atoms. The van der Waals surface area contributed by atoms with Gasteiger partial charge in [-0.3, -0.25) is 9.59 Å². The topological polar surface area (TPSA) is 46.2 Å². The maximum absolute atomic E-state index is 12.8. The van der Waals surface area contributed by atoms with Gasteiger partial charge in [0, 0.05) is 17.5 Å². The van der Waals surface area contributed by atoms with Crippen molar-refractivity contribution in [2.45, 2.75) is 39.0 Å². The Morgan fingerprint density at radius 1 is 0.793 bits per heavy atom. The van der Waals surface area contributed by atoms with Gasteiger partial charge in [-0.1, -0.05) is 87.5 Å². The van der Waals surface area contributed by atoms with Crippen molar-refractivity contribution < 1.29 is 9.59 Å². The molecule has 3 aromatic rings. The molecule has 3 nitrogen and oxygen atoms in total. The Bertz CT molecular complexity index is 983. The summed E-state index contributed by atoms with van der Waals surface area (Å²) in [6.45, 7) is 6.55. The Balaban J connectivity index is 1.65. The predicted molar refractivity (Wildman–Crippen MR) is 118 cm³/mol. The molecule has 0 fully saturated rings. The van der Waals surface area contributed by atoms with E-state index in [4.69, 9.17) is 0 Å². The SMILES string of the molecule is CC(C)(C)c1ccc(CCC(=O)Nc2ccccc2C(=O)c2ccccc2)cc1. The molecule has 3 aromatic carbocycles. The summed E-state index contributed by atoms with van der Waals surface area (Å²) in [5.41, 5.74) is 4.18. The average molecular weight is 386 g/mol. The molecule has 3 heteroatoms.